The van der Waals surface area contributed by atoms with Crippen LogP contribution in [0.2, 0.25) is 0 Å². The van der Waals surface area contributed by atoms with Crippen molar-refractivity contribution in [2.45, 2.75) is 63.8 Å². The number of benzene rings is 4. The monoisotopic (exact) mass is 616 g/mol. The molecule has 7 heteroatoms. The Hall–Kier alpha value is -4.78. The highest BCUT2D eigenvalue weighted by atomic mass is 16.5. The molecule has 1 fully saturated rings. The molecule has 2 amide bonds. The van der Waals surface area contributed by atoms with Crippen LogP contribution in [0.5, 0.6) is 11.5 Å². The van der Waals surface area contributed by atoms with Crippen LogP contribution >= 0.6 is 0 Å². The Morgan fingerprint density at radius 1 is 0.783 bits per heavy atom. The number of Topliss-reactive ketones (excluding diaryl/α,β-unsaturated/α-hetero) is 2. The highest BCUT2D eigenvalue weighted by Gasteiger charge is 2.31. The van der Waals surface area contributed by atoms with Crippen molar-refractivity contribution >= 4 is 34.2 Å². The van der Waals surface area contributed by atoms with E-state index in [1.54, 1.807) is 4.90 Å². The van der Waals surface area contributed by atoms with Gasteiger partial charge in [0.15, 0.2) is 5.78 Å². The molecule has 0 saturated carbocycles. The number of carbonyl (C=O) groups excluding carboxylic acids is 4. The van der Waals surface area contributed by atoms with Crippen LogP contribution in [0.1, 0.15) is 55.2 Å². The van der Waals surface area contributed by atoms with Gasteiger partial charge in [0, 0.05) is 38.8 Å². The number of hydrogen-bond acceptors (Lipinski definition) is 5. The van der Waals surface area contributed by atoms with Crippen LogP contribution in [0, 0.1) is 5.92 Å². The maximum atomic E-state index is 13.9. The molecule has 3 aliphatic rings. The summed E-state index contributed by atoms with van der Waals surface area (Å²) >= 11 is 0. The van der Waals surface area contributed by atoms with Gasteiger partial charge in [-0.1, -0.05) is 66.7 Å². The third kappa shape index (κ3) is 7.89. The number of ketones is 2. The summed E-state index contributed by atoms with van der Waals surface area (Å²) in [6.45, 7) is 1.34. The molecule has 7 nitrogen and oxygen atoms in total. The van der Waals surface area contributed by atoms with Crippen LogP contribution in [0.3, 0.4) is 0 Å². The van der Waals surface area contributed by atoms with Gasteiger partial charge in [0.25, 0.3) is 0 Å². The third-order valence-corrected chi connectivity index (χ3v) is 9.14. The highest BCUT2D eigenvalue weighted by molar-refractivity contribution is 5.94. The summed E-state index contributed by atoms with van der Waals surface area (Å²) in [4.78, 5) is 56.0. The molecule has 46 heavy (non-hydrogen) atoms. The standard InChI is InChI=1S/C39H40N2O5/c42-32-17-13-27-7-5-11-34(23-27)46-33-18-14-28(15-19-33)24-36(40-39(45)31(25-32)26-38(44)41-21-3-4-22-41)37(43)20-16-30-10-6-9-29-8-1-2-12-35(29)30/h1-2,5-12,14-15,18-19,23,31,36H,3-4,13,16-17,20-22,24-26H2,(H,40,45). The molecule has 3 aliphatic heterocycles. The van der Waals surface area contributed by atoms with Gasteiger partial charge in [0.1, 0.15) is 17.3 Å². The molecule has 3 heterocycles. The lowest BCUT2D eigenvalue weighted by molar-refractivity contribution is -0.138. The number of carbonyl (C=O) groups is 4. The van der Waals surface area contributed by atoms with Crippen LogP contribution < -0.4 is 10.1 Å². The van der Waals surface area contributed by atoms with Crippen molar-refractivity contribution in [3.63, 3.8) is 0 Å². The van der Waals surface area contributed by atoms with Crippen LogP contribution in [-0.4, -0.2) is 47.4 Å². The van der Waals surface area contributed by atoms with E-state index in [1.165, 1.54) is 0 Å². The zero-order valence-corrected chi connectivity index (χ0v) is 26.1. The molecule has 2 unspecified atom stereocenters. The number of fused-ring (bicyclic) bond motifs is 11. The zero-order chi connectivity index (χ0) is 31.9. The fraction of sp³-hybridized carbons (Fsp3) is 0.333. The number of hydrogen-bond donors (Lipinski definition) is 1. The normalized spacial score (nSPS) is 19.0. The fourth-order valence-corrected chi connectivity index (χ4v) is 6.53. The third-order valence-electron chi connectivity index (χ3n) is 9.14. The molecule has 7 rings (SSSR count). The van der Waals surface area contributed by atoms with E-state index in [4.69, 9.17) is 4.74 Å². The Labute approximate surface area is 269 Å². The molecule has 0 aliphatic carbocycles. The minimum absolute atomic E-state index is 0.0488. The predicted molar refractivity (Wildman–Crippen MR) is 178 cm³/mol. The Balaban J connectivity index is 1.27. The Bertz CT molecular complexity index is 1720. The van der Waals surface area contributed by atoms with Crippen molar-refractivity contribution in [3.05, 3.63) is 108 Å². The van der Waals surface area contributed by atoms with E-state index in [-0.39, 0.29) is 49.6 Å². The van der Waals surface area contributed by atoms with Gasteiger partial charge < -0.3 is 15.0 Å². The molecular weight excluding hydrogens is 576 g/mol. The van der Waals surface area contributed by atoms with Crippen molar-refractivity contribution < 1.29 is 23.9 Å². The first-order chi connectivity index (χ1) is 22.4. The van der Waals surface area contributed by atoms with Crippen molar-refractivity contribution in [2.24, 2.45) is 5.92 Å². The lowest BCUT2D eigenvalue weighted by Gasteiger charge is -2.24. The molecule has 1 N–H and O–H groups in total. The number of nitrogens with one attached hydrogen (secondary N) is 1. The van der Waals surface area contributed by atoms with Gasteiger partial charge in [0.05, 0.1) is 12.0 Å². The molecule has 4 aromatic carbocycles. The highest BCUT2D eigenvalue weighted by Crippen LogP contribution is 2.26. The summed E-state index contributed by atoms with van der Waals surface area (Å²) < 4.78 is 6.08. The fourth-order valence-electron chi connectivity index (χ4n) is 6.53. The van der Waals surface area contributed by atoms with Crippen molar-refractivity contribution in [2.75, 3.05) is 13.1 Å². The average molecular weight is 617 g/mol. The van der Waals surface area contributed by atoms with Crippen LogP contribution in [0.15, 0.2) is 91.0 Å². The lowest BCUT2D eigenvalue weighted by Crippen LogP contribution is -2.46. The maximum Gasteiger partial charge on any atom is 0.224 e. The first-order valence-corrected chi connectivity index (χ1v) is 16.4. The molecule has 2 atom stereocenters. The van der Waals surface area contributed by atoms with E-state index in [1.807, 2.05) is 72.8 Å². The topological polar surface area (TPSA) is 92.8 Å². The number of rotatable bonds is 6. The van der Waals surface area contributed by atoms with E-state index in [0.717, 1.165) is 40.3 Å². The molecule has 0 radical (unpaired) electrons. The van der Waals surface area contributed by atoms with Crippen molar-refractivity contribution in [1.82, 2.24) is 10.2 Å². The number of amides is 2. The smallest absolute Gasteiger partial charge is 0.224 e. The predicted octanol–water partition coefficient (Wildman–Crippen LogP) is 6.40. The van der Waals surface area contributed by atoms with E-state index in [9.17, 15) is 19.2 Å². The minimum atomic E-state index is -0.846. The van der Waals surface area contributed by atoms with E-state index in [2.05, 4.69) is 23.5 Å². The molecule has 0 spiro atoms. The summed E-state index contributed by atoms with van der Waals surface area (Å²) in [5.74, 6) is -0.227. The SMILES string of the molecule is O=C1CCc2cccc(c2)Oc2ccc(cc2)CC(C(=O)CCc2cccc3ccccc23)NC(=O)C(CC(=O)N2CCCC2)C1. The second-order valence-electron chi connectivity index (χ2n) is 12.5. The zero-order valence-electron chi connectivity index (χ0n) is 26.1. The van der Waals surface area contributed by atoms with Gasteiger partial charge in [-0.15, -0.1) is 0 Å². The molecular formula is C39H40N2O5. The van der Waals surface area contributed by atoms with Gasteiger partial charge >= 0.3 is 0 Å². The second-order valence-corrected chi connectivity index (χ2v) is 12.5. The summed E-state index contributed by atoms with van der Waals surface area (Å²) in [6.07, 6.45) is 3.59. The Kier molecular flexibility index (Phi) is 9.87. The van der Waals surface area contributed by atoms with Gasteiger partial charge in [-0.3, -0.25) is 19.2 Å². The van der Waals surface area contributed by atoms with Crippen LogP contribution in [0.4, 0.5) is 0 Å². The molecule has 4 aromatic rings. The van der Waals surface area contributed by atoms with E-state index >= 15 is 0 Å². The quantitative estimate of drug-likeness (QED) is 0.271. The summed E-state index contributed by atoms with van der Waals surface area (Å²) in [6, 6.07) is 28.6. The Morgan fingerprint density at radius 2 is 1.54 bits per heavy atom. The first-order valence-electron chi connectivity index (χ1n) is 16.4. The average Bonchev–Trinajstić information content (AvgIpc) is 3.62. The lowest BCUT2D eigenvalue weighted by atomic mass is 9.92. The van der Waals surface area contributed by atoms with Gasteiger partial charge in [-0.25, -0.2) is 0 Å². The van der Waals surface area contributed by atoms with Gasteiger partial charge in [0.2, 0.25) is 11.8 Å². The van der Waals surface area contributed by atoms with Crippen molar-refractivity contribution in [1.29, 1.82) is 0 Å². The summed E-state index contributed by atoms with van der Waals surface area (Å²) in [7, 11) is 0. The van der Waals surface area contributed by atoms with Crippen molar-refractivity contribution in [3.8, 4) is 11.5 Å². The molecule has 236 valence electrons. The first kappa shape index (κ1) is 31.2. The minimum Gasteiger partial charge on any atom is -0.457 e. The number of likely N-dealkylation sites (tertiary alicyclic amines) is 1. The molecule has 4 bridgehead atoms. The van der Waals surface area contributed by atoms with Gasteiger partial charge in [-0.2, -0.15) is 0 Å². The summed E-state index contributed by atoms with van der Waals surface area (Å²) in [5, 5.41) is 5.22. The number of nitrogens with zero attached hydrogens (tertiary/aromatic N) is 1. The van der Waals surface area contributed by atoms with E-state index in [0.29, 0.717) is 37.4 Å². The maximum absolute atomic E-state index is 13.9. The molecule has 0 aromatic heterocycles. The second kappa shape index (κ2) is 14.5. The Morgan fingerprint density at radius 3 is 2.37 bits per heavy atom. The van der Waals surface area contributed by atoms with Crippen LogP contribution in [0.25, 0.3) is 10.8 Å². The molecule has 1 saturated heterocycles. The van der Waals surface area contributed by atoms with Gasteiger partial charge in [-0.05, 0) is 83.8 Å². The number of aryl methyl sites for hydroxylation is 2. The largest absolute Gasteiger partial charge is 0.457 e. The number of ether oxygens (including phenoxy) is 1. The summed E-state index contributed by atoms with van der Waals surface area (Å²) in [5.41, 5.74) is 2.90. The van der Waals surface area contributed by atoms with E-state index < -0.39 is 17.9 Å². The van der Waals surface area contributed by atoms with Crippen LogP contribution in [-0.2, 0) is 38.4 Å².